The van der Waals surface area contributed by atoms with Gasteiger partial charge in [-0.1, -0.05) is 115 Å². The van der Waals surface area contributed by atoms with E-state index in [0.717, 1.165) is 31.1 Å². The number of hydrogen-bond donors (Lipinski definition) is 0. The van der Waals surface area contributed by atoms with E-state index in [1.807, 2.05) is 0 Å². The summed E-state index contributed by atoms with van der Waals surface area (Å²) < 4.78 is 6.24. The van der Waals surface area contributed by atoms with Gasteiger partial charge in [-0.15, -0.1) is 0 Å². The molecule has 0 saturated heterocycles. The average Bonchev–Trinajstić information content (AvgIpc) is 2.75. The Kier molecular flexibility index (Phi) is 11.6. The first-order valence-corrected chi connectivity index (χ1v) is 12.1. The number of rotatable bonds is 15. The minimum atomic E-state index is 0.820. The van der Waals surface area contributed by atoms with Gasteiger partial charge in [0, 0.05) is 5.56 Å². The summed E-state index contributed by atoms with van der Waals surface area (Å²) in [5, 5.41) is 0. The van der Waals surface area contributed by atoms with Crippen molar-refractivity contribution in [1.82, 2.24) is 0 Å². The predicted octanol–water partition coefficient (Wildman–Crippen LogP) is 8.85. The van der Waals surface area contributed by atoms with Gasteiger partial charge in [0.1, 0.15) is 5.75 Å². The van der Waals surface area contributed by atoms with Crippen molar-refractivity contribution in [3.8, 4) is 16.9 Å². The molecule has 0 aliphatic carbocycles. The number of para-hydroxylation sites is 1. The molecule has 0 bridgehead atoms. The van der Waals surface area contributed by atoms with E-state index in [9.17, 15) is 0 Å². The molecular formula is C28H42O. The van der Waals surface area contributed by atoms with Crippen molar-refractivity contribution in [3.05, 3.63) is 54.1 Å². The van der Waals surface area contributed by atoms with Crippen LogP contribution in [0.2, 0.25) is 0 Å². The summed E-state index contributed by atoms with van der Waals surface area (Å²) >= 11 is 0. The highest BCUT2D eigenvalue weighted by Crippen LogP contribution is 2.30. The van der Waals surface area contributed by atoms with Gasteiger partial charge in [-0.05, 0) is 42.4 Å². The van der Waals surface area contributed by atoms with E-state index in [2.05, 4.69) is 69.3 Å². The predicted molar refractivity (Wildman–Crippen MR) is 128 cm³/mol. The summed E-state index contributed by atoms with van der Waals surface area (Å²) in [6, 6.07) is 17.5. The molecule has 0 spiro atoms. The number of aryl methyl sites for hydroxylation is 1. The lowest BCUT2D eigenvalue weighted by Crippen LogP contribution is -2.05. The number of benzene rings is 2. The molecule has 0 aromatic heterocycles. The molecule has 1 heteroatoms. The smallest absolute Gasteiger partial charge is 0.127 e. The highest BCUT2D eigenvalue weighted by Gasteiger charge is 2.09. The fourth-order valence-corrected chi connectivity index (χ4v) is 4.23. The first kappa shape index (κ1) is 23.5. The third-order valence-corrected chi connectivity index (χ3v) is 5.87. The maximum absolute atomic E-state index is 6.24. The highest BCUT2D eigenvalue weighted by atomic mass is 16.5. The second-order valence-corrected chi connectivity index (χ2v) is 8.44. The minimum absolute atomic E-state index is 0.820. The zero-order chi connectivity index (χ0) is 20.7. The Morgan fingerprint density at radius 1 is 0.690 bits per heavy atom. The Hall–Kier alpha value is -1.76. The Bertz CT molecular complexity index is 658. The minimum Gasteiger partial charge on any atom is -0.493 e. The van der Waals surface area contributed by atoms with E-state index in [1.54, 1.807) is 0 Å². The van der Waals surface area contributed by atoms with Crippen LogP contribution in [0.5, 0.6) is 5.75 Å². The van der Waals surface area contributed by atoms with Crippen LogP contribution in [0.1, 0.15) is 90.5 Å². The van der Waals surface area contributed by atoms with E-state index >= 15 is 0 Å². The van der Waals surface area contributed by atoms with Crippen LogP contribution in [-0.4, -0.2) is 6.61 Å². The summed E-state index contributed by atoms with van der Waals surface area (Å²) in [4.78, 5) is 0. The van der Waals surface area contributed by atoms with Gasteiger partial charge in [0.25, 0.3) is 0 Å². The lowest BCUT2D eigenvalue weighted by Gasteiger charge is -2.17. The van der Waals surface area contributed by atoms with Crippen LogP contribution >= 0.6 is 0 Å². The Morgan fingerprint density at radius 3 is 2.17 bits per heavy atom. The molecule has 0 N–H and O–H groups in total. The summed E-state index contributed by atoms with van der Waals surface area (Å²) in [5.74, 6) is 1.90. The molecule has 2 rings (SSSR count). The monoisotopic (exact) mass is 394 g/mol. The molecule has 1 nitrogen and oxygen atoms in total. The molecule has 0 heterocycles. The Morgan fingerprint density at radius 2 is 1.45 bits per heavy atom. The van der Waals surface area contributed by atoms with Gasteiger partial charge in [-0.25, -0.2) is 0 Å². The SMILES string of the molecule is CCCCCCC(CCC)CCCOc1ccccc1-c1ccc(CCC)cc1. The van der Waals surface area contributed by atoms with E-state index in [1.165, 1.54) is 74.5 Å². The van der Waals surface area contributed by atoms with E-state index < -0.39 is 0 Å². The van der Waals surface area contributed by atoms with Crippen molar-refractivity contribution in [1.29, 1.82) is 0 Å². The van der Waals surface area contributed by atoms with Crippen molar-refractivity contribution in [3.63, 3.8) is 0 Å². The molecule has 160 valence electrons. The van der Waals surface area contributed by atoms with Crippen molar-refractivity contribution >= 4 is 0 Å². The van der Waals surface area contributed by atoms with Gasteiger partial charge in [-0.3, -0.25) is 0 Å². The van der Waals surface area contributed by atoms with E-state index in [0.29, 0.717) is 0 Å². The van der Waals surface area contributed by atoms with Crippen molar-refractivity contribution in [2.24, 2.45) is 5.92 Å². The fraction of sp³-hybridized carbons (Fsp3) is 0.571. The molecule has 0 aliphatic rings. The Balaban J connectivity index is 1.85. The topological polar surface area (TPSA) is 9.23 Å². The van der Waals surface area contributed by atoms with E-state index in [-0.39, 0.29) is 0 Å². The highest BCUT2D eigenvalue weighted by molar-refractivity contribution is 5.70. The number of hydrogen-bond acceptors (Lipinski definition) is 1. The molecule has 2 aromatic rings. The third-order valence-electron chi connectivity index (χ3n) is 5.87. The van der Waals surface area contributed by atoms with E-state index in [4.69, 9.17) is 4.74 Å². The molecule has 0 fully saturated rings. The second-order valence-electron chi connectivity index (χ2n) is 8.44. The maximum atomic E-state index is 6.24. The van der Waals surface area contributed by atoms with Gasteiger partial charge in [0.05, 0.1) is 6.61 Å². The molecule has 0 aliphatic heterocycles. The van der Waals surface area contributed by atoms with Gasteiger partial charge in [-0.2, -0.15) is 0 Å². The summed E-state index contributed by atoms with van der Waals surface area (Å²) in [5.41, 5.74) is 3.87. The molecule has 0 saturated carbocycles. The normalized spacial score (nSPS) is 12.1. The Labute approximate surface area is 179 Å². The molecular weight excluding hydrogens is 352 g/mol. The standard InChI is InChI=1S/C28H42O/c1-4-7-8-9-15-24(13-5-2)16-12-23-29-28-18-11-10-17-27(28)26-21-19-25(14-6-3)20-22-26/h10-11,17-22,24H,4-9,12-16,23H2,1-3H3. The van der Waals surface area contributed by atoms with Gasteiger partial charge in [0.15, 0.2) is 0 Å². The molecule has 0 radical (unpaired) electrons. The number of unbranched alkanes of at least 4 members (excludes halogenated alkanes) is 3. The zero-order valence-corrected chi connectivity index (χ0v) is 19.1. The summed E-state index contributed by atoms with van der Waals surface area (Å²) in [6.07, 6.45) is 14.4. The van der Waals surface area contributed by atoms with Crippen molar-refractivity contribution in [2.45, 2.75) is 91.4 Å². The van der Waals surface area contributed by atoms with Crippen LogP contribution in [0.4, 0.5) is 0 Å². The molecule has 29 heavy (non-hydrogen) atoms. The van der Waals surface area contributed by atoms with Gasteiger partial charge < -0.3 is 4.74 Å². The fourth-order valence-electron chi connectivity index (χ4n) is 4.23. The van der Waals surface area contributed by atoms with Crippen LogP contribution in [0.15, 0.2) is 48.5 Å². The van der Waals surface area contributed by atoms with Crippen molar-refractivity contribution < 1.29 is 4.74 Å². The second kappa shape index (κ2) is 14.3. The largest absolute Gasteiger partial charge is 0.493 e. The summed E-state index contributed by atoms with van der Waals surface area (Å²) in [6.45, 7) is 7.66. The molecule has 2 aromatic carbocycles. The van der Waals surface area contributed by atoms with Crippen LogP contribution in [-0.2, 0) is 6.42 Å². The summed E-state index contributed by atoms with van der Waals surface area (Å²) in [7, 11) is 0. The van der Waals surface area contributed by atoms with Gasteiger partial charge >= 0.3 is 0 Å². The first-order chi connectivity index (χ1) is 14.3. The lowest BCUT2D eigenvalue weighted by atomic mass is 9.92. The first-order valence-electron chi connectivity index (χ1n) is 12.1. The molecule has 1 unspecified atom stereocenters. The molecule has 1 atom stereocenters. The zero-order valence-electron chi connectivity index (χ0n) is 19.1. The number of ether oxygens (including phenoxy) is 1. The maximum Gasteiger partial charge on any atom is 0.127 e. The van der Waals surface area contributed by atoms with Crippen LogP contribution in [0, 0.1) is 5.92 Å². The molecule has 0 amide bonds. The van der Waals surface area contributed by atoms with Crippen LogP contribution in [0.3, 0.4) is 0 Å². The van der Waals surface area contributed by atoms with Crippen molar-refractivity contribution in [2.75, 3.05) is 6.61 Å². The third kappa shape index (κ3) is 8.64. The van der Waals surface area contributed by atoms with Crippen LogP contribution < -0.4 is 4.74 Å². The lowest BCUT2D eigenvalue weighted by molar-refractivity contribution is 0.282. The average molecular weight is 395 g/mol. The van der Waals surface area contributed by atoms with Gasteiger partial charge in [0.2, 0.25) is 0 Å². The van der Waals surface area contributed by atoms with Crippen LogP contribution in [0.25, 0.3) is 11.1 Å². The quantitative estimate of drug-likeness (QED) is 0.274.